The number of nitrogens with one attached hydrogen (secondary N) is 1. The minimum absolute atomic E-state index is 0.109. The number of piperidine rings is 1. The predicted molar refractivity (Wildman–Crippen MR) is 79.0 cm³/mol. The Morgan fingerprint density at radius 2 is 2.42 bits per heavy atom. The van der Waals surface area contributed by atoms with E-state index in [0.717, 1.165) is 19.5 Å². The van der Waals surface area contributed by atoms with Crippen molar-refractivity contribution in [1.82, 2.24) is 10.2 Å². The zero-order valence-corrected chi connectivity index (χ0v) is 12.3. The van der Waals surface area contributed by atoms with Gasteiger partial charge in [-0.3, -0.25) is 9.69 Å². The molecule has 1 aromatic rings. The molecule has 2 heterocycles. The number of carbonyl (C=O) groups excluding carboxylic acids is 1. The summed E-state index contributed by atoms with van der Waals surface area (Å²) in [5.41, 5.74) is 5.74. The van der Waals surface area contributed by atoms with E-state index in [9.17, 15) is 4.79 Å². The molecule has 3 N–H and O–H groups in total. The largest absolute Gasteiger partial charge is 0.350 e. The smallest absolute Gasteiger partial charge is 0.234 e. The van der Waals surface area contributed by atoms with Crippen LogP contribution in [0.3, 0.4) is 0 Å². The zero-order valence-electron chi connectivity index (χ0n) is 11.5. The van der Waals surface area contributed by atoms with Crippen molar-refractivity contribution in [2.45, 2.75) is 32.4 Å². The summed E-state index contributed by atoms with van der Waals surface area (Å²) in [6.45, 7) is 4.99. The molecular formula is C14H23N3OS. The van der Waals surface area contributed by atoms with Crippen LogP contribution in [0, 0.1) is 5.92 Å². The zero-order chi connectivity index (χ0) is 13.7. The molecule has 1 amide bonds. The number of nitrogens with zero attached hydrogens (tertiary/aromatic N) is 1. The Bertz CT molecular complexity index is 393. The molecule has 2 rings (SSSR count). The first-order valence-corrected chi connectivity index (χ1v) is 7.80. The molecular weight excluding hydrogens is 258 g/mol. The maximum absolute atomic E-state index is 12.0. The average molecular weight is 281 g/mol. The van der Waals surface area contributed by atoms with Crippen LogP contribution in [-0.2, 0) is 11.3 Å². The van der Waals surface area contributed by atoms with Gasteiger partial charge in [-0.25, -0.2) is 0 Å². The SMILES string of the molecule is CC1CCC(CN)CN1CC(=O)NCc1cccs1. The number of likely N-dealkylation sites (tertiary alicyclic amines) is 1. The molecule has 0 saturated carbocycles. The van der Waals surface area contributed by atoms with E-state index in [0.29, 0.717) is 25.0 Å². The number of amides is 1. The monoisotopic (exact) mass is 281 g/mol. The van der Waals surface area contributed by atoms with E-state index < -0.39 is 0 Å². The van der Waals surface area contributed by atoms with Gasteiger partial charge in [-0.1, -0.05) is 6.07 Å². The van der Waals surface area contributed by atoms with Gasteiger partial charge in [0.15, 0.2) is 0 Å². The van der Waals surface area contributed by atoms with Crippen molar-refractivity contribution in [3.05, 3.63) is 22.4 Å². The molecule has 1 fully saturated rings. The van der Waals surface area contributed by atoms with E-state index >= 15 is 0 Å². The minimum Gasteiger partial charge on any atom is -0.350 e. The third kappa shape index (κ3) is 4.30. The fourth-order valence-electron chi connectivity index (χ4n) is 2.51. The molecule has 1 saturated heterocycles. The third-order valence-corrected chi connectivity index (χ3v) is 4.71. The van der Waals surface area contributed by atoms with Crippen LogP contribution in [0.4, 0.5) is 0 Å². The molecule has 0 bridgehead atoms. The van der Waals surface area contributed by atoms with Gasteiger partial charge in [-0.05, 0) is 43.7 Å². The summed E-state index contributed by atoms with van der Waals surface area (Å²) in [6, 6.07) is 4.53. The molecule has 1 aliphatic rings. The highest BCUT2D eigenvalue weighted by atomic mass is 32.1. The van der Waals surface area contributed by atoms with Gasteiger partial charge in [0, 0.05) is 17.5 Å². The predicted octanol–water partition coefficient (Wildman–Crippen LogP) is 1.42. The Kier molecular flexibility index (Phi) is 5.36. The molecule has 1 aromatic heterocycles. The molecule has 5 heteroatoms. The number of rotatable bonds is 5. The maximum atomic E-state index is 12.0. The lowest BCUT2D eigenvalue weighted by atomic mass is 9.93. The molecule has 2 unspecified atom stereocenters. The van der Waals surface area contributed by atoms with Gasteiger partial charge in [0.05, 0.1) is 13.1 Å². The van der Waals surface area contributed by atoms with Gasteiger partial charge >= 0.3 is 0 Å². The van der Waals surface area contributed by atoms with Gasteiger partial charge < -0.3 is 11.1 Å². The Hall–Kier alpha value is -0.910. The van der Waals surface area contributed by atoms with Crippen LogP contribution in [0.5, 0.6) is 0 Å². The summed E-state index contributed by atoms with van der Waals surface area (Å²) in [5, 5.41) is 5.01. The Morgan fingerprint density at radius 1 is 1.58 bits per heavy atom. The normalized spacial score (nSPS) is 24.3. The first-order valence-electron chi connectivity index (χ1n) is 6.92. The van der Waals surface area contributed by atoms with Crippen LogP contribution < -0.4 is 11.1 Å². The minimum atomic E-state index is 0.109. The molecule has 4 nitrogen and oxygen atoms in total. The van der Waals surface area contributed by atoms with Crippen molar-refractivity contribution in [2.75, 3.05) is 19.6 Å². The number of hydrogen-bond donors (Lipinski definition) is 2. The van der Waals surface area contributed by atoms with Crippen LogP contribution in [0.15, 0.2) is 17.5 Å². The highest BCUT2D eigenvalue weighted by molar-refractivity contribution is 7.09. The lowest BCUT2D eigenvalue weighted by Gasteiger charge is -2.37. The van der Waals surface area contributed by atoms with Crippen molar-refractivity contribution >= 4 is 17.2 Å². The number of thiophene rings is 1. The number of nitrogens with two attached hydrogens (primary N) is 1. The lowest BCUT2D eigenvalue weighted by Crippen LogP contribution is -2.48. The summed E-state index contributed by atoms with van der Waals surface area (Å²) < 4.78 is 0. The van der Waals surface area contributed by atoms with Gasteiger partial charge in [0.25, 0.3) is 0 Å². The highest BCUT2D eigenvalue weighted by Crippen LogP contribution is 2.20. The molecule has 0 spiro atoms. The van der Waals surface area contributed by atoms with Crippen LogP contribution in [0.1, 0.15) is 24.6 Å². The second kappa shape index (κ2) is 7.03. The fourth-order valence-corrected chi connectivity index (χ4v) is 3.16. The maximum Gasteiger partial charge on any atom is 0.234 e. The molecule has 106 valence electrons. The van der Waals surface area contributed by atoms with Crippen LogP contribution in [-0.4, -0.2) is 36.5 Å². The second-order valence-corrected chi connectivity index (χ2v) is 6.35. The summed E-state index contributed by atoms with van der Waals surface area (Å²) >= 11 is 1.67. The molecule has 1 aliphatic heterocycles. The molecule has 0 aromatic carbocycles. The topological polar surface area (TPSA) is 58.4 Å². The molecule has 0 radical (unpaired) electrons. The van der Waals surface area contributed by atoms with E-state index in [1.54, 1.807) is 11.3 Å². The van der Waals surface area contributed by atoms with Gasteiger partial charge in [-0.15, -0.1) is 11.3 Å². The third-order valence-electron chi connectivity index (χ3n) is 3.83. The van der Waals surface area contributed by atoms with Gasteiger partial charge in [0.1, 0.15) is 0 Å². The van der Waals surface area contributed by atoms with E-state index in [-0.39, 0.29) is 5.91 Å². The van der Waals surface area contributed by atoms with Crippen molar-refractivity contribution < 1.29 is 4.79 Å². The Morgan fingerprint density at radius 3 is 3.11 bits per heavy atom. The van der Waals surface area contributed by atoms with E-state index in [1.807, 2.05) is 17.5 Å². The molecule has 19 heavy (non-hydrogen) atoms. The summed E-state index contributed by atoms with van der Waals surface area (Å²) in [6.07, 6.45) is 2.32. The van der Waals surface area contributed by atoms with Crippen molar-refractivity contribution in [1.29, 1.82) is 0 Å². The Labute approximate surface area is 119 Å². The van der Waals surface area contributed by atoms with Gasteiger partial charge in [0.2, 0.25) is 5.91 Å². The highest BCUT2D eigenvalue weighted by Gasteiger charge is 2.25. The quantitative estimate of drug-likeness (QED) is 0.858. The first kappa shape index (κ1) is 14.5. The summed E-state index contributed by atoms with van der Waals surface area (Å²) in [4.78, 5) is 15.4. The lowest BCUT2D eigenvalue weighted by molar-refractivity contribution is -0.123. The molecule has 0 aliphatic carbocycles. The summed E-state index contributed by atoms with van der Waals surface area (Å²) in [5.74, 6) is 0.652. The number of carbonyl (C=O) groups is 1. The standard InChI is InChI=1S/C14H23N3OS/c1-11-4-5-12(7-15)9-17(11)10-14(18)16-8-13-3-2-6-19-13/h2-3,6,11-12H,4-5,7-10,15H2,1H3,(H,16,18). The average Bonchev–Trinajstić information content (AvgIpc) is 2.92. The second-order valence-electron chi connectivity index (χ2n) is 5.31. The molecule has 2 atom stereocenters. The van der Waals surface area contributed by atoms with Crippen LogP contribution in [0.25, 0.3) is 0 Å². The van der Waals surface area contributed by atoms with Crippen molar-refractivity contribution in [3.63, 3.8) is 0 Å². The Balaban J connectivity index is 1.77. The van der Waals surface area contributed by atoms with Gasteiger partial charge in [-0.2, -0.15) is 0 Å². The number of hydrogen-bond acceptors (Lipinski definition) is 4. The van der Waals surface area contributed by atoms with E-state index in [2.05, 4.69) is 17.1 Å². The van der Waals surface area contributed by atoms with Crippen LogP contribution >= 0.6 is 11.3 Å². The van der Waals surface area contributed by atoms with Crippen molar-refractivity contribution in [3.8, 4) is 0 Å². The van der Waals surface area contributed by atoms with E-state index in [4.69, 9.17) is 5.73 Å². The fraction of sp³-hybridized carbons (Fsp3) is 0.643. The summed E-state index contributed by atoms with van der Waals surface area (Å²) in [7, 11) is 0. The van der Waals surface area contributed by atoms with E-state index in [1.165, 1.54) is 11.3 Å². The van der Waals surface area contributed by atoms with Crippen molar-refractivity contribution in [2.24, 2.45) is 11.7 Å². The first-order chi connectivity index (χ1) is 9.19. The van der Waals surface area contributed by atoms with Crippen LogP contribution in [0.2, 0.25) is 0 Å².